The highest BCUT2D eigenvalue weighted by atomic mass is 127. The van der Waals surface area contributed by atoms with Crippen LogP contribution in [-0.2, 0) is 11.2 Å². The maximum Gasteiger partial charge on any atom is 0.196 e. The lowest BCUT2D eigenvalue weighted by Gasteiger charge is -2.02. The normalized spacial score (nSPS) is 10.9. The molecule has 1 aromatic carbocycles. The number of oxazole rings is 1. The molecule has 0 spiro atoms. The Morgan fingerprint density at radius 2 is 2.25 bits per heavy atom. The summed E-state index contributed by atoms with van der Waals surface area (Å²) < 4.78 is 13.0. The van der Waals surface area contributed by atoms with Gasteiger partial charge in [-0.3, -0.25) is 0 Å². The van der Waals surface area contributed by atoms with Crippen LogP contribution in [0.2, 0.25) is 0 Å². The van der Waals surface area contributed by atoms with E-state index in [9.17, 15) is 0 Å². The van der Waals surface area contributed by atoms with Gasteiger partial charge in [0, 0.05) is 40.2 Å². The number of rotatable bonds is 7. The highest BCUT2D eigenvalue weighted by Crippen LogP contribution is 2.28. The molecule has 1 N–H and O–H groups in total. The molecule has 20 heavy (non-hydrogen) atoms. The van der Waals surface area contributed by atoms with Crippen LogP contribution in [0.5, 0.6) is 0 Å². The second kappa shape index (κ2) is 8.11. The van der Waals surface area contributed by atoms with E-state index in [1.165, 1.54) is 0 Å². The van der Waals surface area contributed by atoms with Crippen molar-refractivity contribution in [2.24, 2.45) is 0 Å². The van der Waals surface area contributed by atoms with Crippen molar-refractivity contribution in [3.05, 3.63) is 38.3 Å². The lowest BCUT2D eigenvalue weighted by molar-refractivity contribution is 0.199. The minimum atomic E-state index is 0.715. The van der Waals surface area contributed by atoms with Crippen molar-refractivity contribution in [3.8, 4) is 11.3 Å². The van der Waals surface area contributed by atoms with Crippen LogP contribution in [-0.4, -0.2) is 31.8 Å². The van der Waals surface area contributed by atoms with Crippen LogP contribution in [0.4, 0.5) is 0 Å². The van der Waals surface area contributed by atoms with Crippen LogP contribution in [0, 0.1) is 3.57 Å². The molecule has 0 aliphatic rings. The first kappa shape index (κ1) is 15.9. The van der Waals surface area contributed by atoms with Gasteiger partial charge in [-0.05, 0) is 40.8 Å². The van der Waals surface area contributed by atoms with Gasteiger partial charge in [0.05, 0.1) is 12.8 Å². The molecule has 6 heteroatoms. The largest absolute Gasteiger partial charge is 0.441 e. The van der Waals surface area contributed by atoms with Gasteiger partial charge in [0.15, 0.2) is 11.7 Å². The van der Waals surface area contributed by atoms with Gasteiger partial charge in [0.1, 0.15) is 0 Å². The fourth-order valence-electron chi connectivity index (χ4n) is 1.73. The van der Waals surface area contributed by atoms with Crippen molar-refractivity contribution in [2.45, 2.75) is 6.42 Å². The Kier molecular flexibility index (Phi) is 6.47. The molecule has 0 amide bonds. The number of hydrogen-bond acceptors (Lipinski definition) is 4. The van der Waals surface area contributed by atoms with E-state index in [2.05, 4.69) is 54.9 Å². The number of ether oxygens (including phenoxy) is 1. The molecule has 0 radical (unpaired) electrons. The van der Waals surface area contributed by atoms with Crippen LogP contribution in [0.25, 0.3) is 11.3 Å². The van der Waals surface area contributed by atoms with Crippen LogP contribution in [0.3, 0.4) is 0 Å². The van der Waals surface area contributed by atoms with E-state index in [0.29, 0.717) is 6.61 Å². The molecule has 0 bridgehead atoms. The van der Waals surface area contributed by atoms with Gasteiger partial charge in [-0.15, -0.1) is 0 Å². The molecule has 0 atom stereocenters. The van der Waals surface area contributed by atoms with E-state index in [0.717, 1.165) is 44.8 Å². The molecule has 2 aromatic rings. The summed E-state index contributed by atoms with van der Waals surface area (Å²) >= 11 is 5.78. The van der Waals surface area contributed by atoms with Crippen molar-refractivity contribution in [3.63, 3.8) is 0 Å². The van der Waals surface area contributed by atoms with Gasteiger partial charge in [0.2, 0.25) is 0 Å². The number of benzene rings is 1. The first-order valence-corrected chi connectivity index (χ1v) is 8.17. The molecule has 0 fully saturated rings. The Morgan fingerprint density at radius 3 is 3.05 bits per heavy atom. The molecular formula is C14H16BrIN2O2. The quantitative estimate of drug-likeness (QED) is 0.518. The molecule has 0 unspecified atom stereocenters. The Bertz CT molecular complexity index is 560. The van der Waals surface area contributed by atoms with Gasteiger partial charge >= 0.3 is 0 Å². The van der Waals surface area contributed by atoms with E-state index < -0.39 is 0 Å². The van der Waals surface area contributed by atoms with E-state index in [4.69, 9.17) is 9.15 Å². The van der Waals surface area contributed by atoms with Gasteiger partial charge in [0.25, 0.3) is 0 Å². The third kappa shape index (κ3) is 4.54. The van der Waals surface area contributed by atoms with Crippen molar-refractivity contribution in [2.75, 3.05) is 26.8 Å². The molecule has 2 rings (SSSR count). The fourth-order valence-corrected chi connectivity index (χ4v) is 2.69. The summed E-state index contributed by atoms with van der Waals surface area (Å²) in [5.41, 5.74) is 1.06. The lowest BCUT2D eigenvalue weighted by atomic mass is 10.2. The van der Waals surface area contributed by atoms with Crippen LogP contribution in [0.1, 0.15) is 5.89 Å². The van der Waals surface area contributed by atoms with E-state index in [1.807, 2.05) is 12.1 Å². The monoisotopic (exact) mass is 450 g/mol. The summed E-state index contributed by atoms with van der Waals surface area (Å²) in [7, 11) is 1.70. The molecule has 4 nitrogen and oxygen atoms in total. The third-order valence-electron chi connectivity index (χ3n) is 2.75. The summed E-state index contributed by atoms with van der Waals surface area (Å²) in [6.45, 7) is 2.39. The number of aromatic nitrogens is 1. The molecule has 0 aliphatic heterocycles. The minimum Gasteiger partial charge on any atom is -0.441 e. The molecular weight excluding hydrogens is 435 g/mol. The first-order chi connectivity index (χ1) is 9.70. The molecule has 0 saturated carbocycles. The Balaban J connectivity index is 1.96. The van der Waals surface area contributed by atoms with E-state index in [1.54, 1.807) is 13.3 Å². The molecule has 1 aromatic heterocycles. The maximum absolute atomic E-state index is 5.80. The van der Waals surface area contributed by atoms with Crippen molar-refractivity contribution in [1.29, 1.82) is 0 Å². The first-order valence-electron chi connectivity index (χ1n) is 6.30. The second-order valence-electron chi connectivity index (χ2n) is 4.24. The summed E-state index contributed by atoms with van der Waals surface area (Å²) in [5.74, 6) is 1.56. The zero-order valence-electron chi connectivity index (χ0n) is 11.2. The maximum atomic E-state index is 5.80. The van der Waals surface area contributed by atoms with Crippen LogP contribution in [0.15, 0.2) is 33.3 Å². The van der Waals surface area contributed by atoms with Gasteiger partial charge in [-0.2, -0.15) is 0 Å². The molecule has 1 heterocycles. The van der Waals surface area contributed by atoms with Crippen molar-refractivity contribution in [1.82, 2.24) is 10.3 Å². The summed E-state index contributed by atoms with van der Waals surface area (Å²) in [6, 6.07) is 6.11. The standard InChI is InChI=1S/C14H16BrIN2O2/c1-19-7-6-17-5-4-14-18-9-13(20-14)11-8-10(15)2-3-12(11)16/h2-3,8-9,17H,4-7H2,1H3. The lowest BCUT2D eigenvalue weighted by Crippen LogP contribution is -2.21. The van der Waals surface area contributed by atoms with Crippen LogP contribution < -0.4 is 5.32 Å². The van der Waals surface area contributed by atoms with Crippen molar-refractivity contribution < 1.29 is 9.15 Å². The van der Waals surface area contributed by atoms with Gasteiger partial charge in [-0.25, -0.2) is 4.98 Å². The smallest absolute Gasteiger partial charge is 0.196 e. The minimum absolute atomic E-state index is 0.715. The third-order valence-corrected chi connectivity index (χ3v) is 4.18. The fraction of sp³-hybridized carbons (Fsp3) is 0.357. The zero-order chi connectivity index (χ0) is 14.4. The number of halogens is 2. The number of hydrogen-bond donors (Lipinski definition) is 1. The Labute approximate surface area is 140 Å². The average molecular weight is 451 g/mol. The average Bonchev–Trinajstić information content (AvgIpc) is 2.90. The number of nitrogens with zero attached hydrogens (tertiary/aromatic N) is 1. The number of methoxy groups -OCH3 is 1. The summed E-state index contributed by atoms with van der Waals surface area (Å²) in [4.78, 5) is 4.32. The van der Waals surface area contributed by atoms with E-state index >= 15 is 0 Å². The van der Waals surface area contributed by atoms with Gasteiger partial charge in [-0.1, -0.05) is 15.9 Å². The molecule has 0 saturated heterocycles. The molecule has 0 aliphatic carbocycles. The van der Waals surface area contributed by atoms with Crippen molar-refractivity contribution >= 4 is 38.5 Å². The van der Waals surface area contributed by atoms with Gasteiger partial charge < -0.3 is 14.5 Å². The number of nitrogens with one attached hydrogen (secondary N) is 1. The Morgan fingerprint density at radius 1 is 1.40 bits per heavy atom. The van der Waals surface area contributed by atoms with Crippen LogP contribution >= 0.6 is 38.5 Å². The second-order valence-corrected chi connectivity index (χ2v) is 6.31. The zero-order valence-corrected chi connectivity index (χ0v) is 14.9. The summed E-state index contributed by atoms with van der Waals surface area (Å²) in [5, 5.41) is 3.27. The predicted molar refractivity (Wildman–Crippen MR) is 90.8 cm³/mol. The predicted octanol–water partition coefficient (Wildman–Crippen LogP) is 3.49. The molecule has 108 valence electrons. The highest BCUT2D eigenvalue weighted by molar-refractivity contribution is 14.1. The SMILES string of the molecule is COCCNCCc1ncc(-c2cc(Br)ccc2I)o1. The highest BCUT2D eigenvalue weighted by Gasteiger charge is 2.10. The van der Waals surface area contributed by atoms with E-state index in [-0.39, 0.29) is 0 Å². The summed E-state index contributed by atoms with van der Waals surface area (Å²) in [6.07, 6.45) is 2.56. The topological polar surface area (TPSA) is 47.3 Å². The Hall–Kier alpha value is -0.440.